The first-order valence-electron chi connectivity index (χ1n) is 3.89. The van der Waals surface area contributed by atoms with Crippen molar-refractivity contribution < 1.29 is 18.1 Å². The van der Waals surface area contributed by atoms with E-state index in [4.69, 9.17) is 4.55 Å². The van der Waals surface area contributed by atoms with Crippen LogP contribution < -0.4 is 0 Å². The molecule has 5 heteroatoms. The fraction of sp³-hybridized carbons (Fsp3) is 0.500. The maximum absolute atomic E-state index is 11.1. The lowest BCUT2D eigenvalue weighted by molar-refractivity contribution is 0.156. The van der Waals surface area contributed by atoms with Crippen LogP contribution in [0.25, 0.3) is 0 Å². The maximum Gasteiger partial charge on any atom is 0.277 e. The van der Waals surface area contributed by atoms with Crippen LogP contribution in [0.5, 0.6) is 0 Å². The lowest BCUT2D eigenvalue weighted by Crippen LogP contribution is -2.46. The molecule has 2 unspecified atom stereocenters. The molecule has 0 saturated heterocycles. The molecule has 0 fully saturated rings. The first-order valence-corrected chi connectivity index (χ1v) is 5.33. The van der Waals surface area contributed by atoms with Gasteiger partial charge in [-0.3, -0.25) is 4.55 Å². The van der Waals surface area contributed by atoms with Crippen molar-refractivity contribution in [3.63, 3.8) is 0 Å². The van der Waals surface area contributed by atoms with E-state index in [1.807, 2.05) is 0 Å². The second-order valence-electron chi connectivity index (χ2n) is 3.10. The second kappa shape index (κ2) is 3.25. The number of rotatable bonds is 2. The van der Waals surface area contributed by atoms with Crippen molar-refractivity contribution >= 4 is 10.1 Å². The maximum atomic E-state index is 11.1. The topological polar surface area (TPSA) is 74.6 Å². The van der Waals surface area contributed by atoms with Crippen LogP contribution in [-0.4, -0.2) is 28.9 Å². The van der Waals surface area contributed by atoms with Crippen molar-refractivity contribution in [2.45, 2.75) is 24.2 Å². The van der Waals surface area contributed by atoms with E-state index in [1.54, 1.807) is 12.2 Å². The van der Waals surface area contributed by atoms with Gasteiger partial charge in [0.1, 0.15) is 4.75 Å². The molecule has 1 aliphatic rings. The van der Waals surface area contributed by atoms with Crippen LogP contribution in [0.1, 0.15) is 13.3 Å². The van der Waals surface area contributed by atoms with Gasteiger partial charge >= 0.3 is 0 Å². The Hall–Kier alpha value is -0.650. The molecule has 1 aliphatic carbocycles. The van der Waals surface area contributed by atoms with Gasteiger partial charge in [0.2, 0.25) is 0 Å². The quantitative estimate of drug-likeness (QED) is 0.643. The molecule has 0 amide bonds. The van der Waals surface area contributed by atoms with E-state index in [9.17, 15) is 13.5 Å². The smallest absolute Gasteiger partial charge is 0.277 e. The van der Waals surface area contributed by atoms with Crippen LogP contribution in [0.2, 0.25) is 0 Å². The van der Waals surface area contributed by atoms with Gasteiger partial charge in [-0.25, -0.2) is 0 Å². The summed E-state index contributed by atoms with van der Waals surface area (Å²) in [5, 5.41) is 9.34. The number of hydrogen-bond donors (Lipinski definition) is 2. The van der Waals surface area contributed by atoms with Crippen LogP contribution in [0.3, 0.4) is 0 Å². The zero-order valence-electron chi connectivity index (χ0n) is 7.21. The fourth-order valence-electron chi connectivity index (χ4n) is 1.33. The largest absolute Gasteiger partial charge is 0.391 e. The lowest BCUT2D eigenvalue weighted by atomic mass is 9.95. The first-order chi connectivity index (χ1) is 5.90. The summed E-state index contributed by atoms with van der Waals surface area (Å²) >= 11 is 0. The molecular weight excluding hydrogens is 192 g/mol. The number of hydrogen-bond acceptors (Lipinski definition) is 3. The molecule has 0 radical (unpaired) electrons. The summed E-state index contributed by atoms with van der Waals surface area (Å²) in [5.41, 5.74) is 0. The zero-order valence-corrected chi connectivity index (χ0v) is 8.03. The van der Waals surface area contributed by atoms with Crippen molar-refractivity contribution in [2.75, 3.05) is 0 Å². The molecular formula is C8H12O4S. The Morgan fingerprint density at radius 3 is 2.31 bits per heavy atom. The fourth-order valence-corrected chi connectivity index (χ4v) is 2.32. The van der Waals surface area contributed by atoms with E-state index in [0.717, 1.165) is 0 Å². The summed E-state index contributed by atoms with van der Waals surface area (Å²) in [4.78, 5) is 0. The lowest BCUT2D eigenvalue weighted by Gasteiger charge is -2.30. The van der Waals surface area contributed by atoms with Crippen molar-refractivity contribution in [2.24, 2.45) is 0 Å². The molecule has 0 bridgehead atoms. The van der Waals surface area contributed by atoms with E-state index in [-0.39, 0.29) is 6.42 Å². The zero-order chi connectivity index (χ0) is 10.1. The van der Waals surface area contributed by atoms with Crippen molar-refractivity contribution in [1.82, 2.24) is 0 Å². The van der Waals surface area contributed by atoms with Gasteiger partial charge in [-0.05, 0) is 13.3 Å². The Bertz CT molecular complexity index is 339. The molecule has 1 rings (SSSR count). The van der Waals surface area contributed by atoms with Gasteiger partial charge < -0.3 is 5.11 Å². The Morgan fingerprint density at radius 2 is 2.08 bits per heavy atom. The molecule has 0 spiro atoms. The Kier molecular flexibility index (Phi) is 2.61. The van der Waals surface area contributed by atoms with Crippen molar-refractivity contribution in [3.8, 4) is 0 Å². The molecule has 0 aromatic rings. The third-order valence-electron chi connectivity index (χ3n) is 2.25. The number of aliphatic hydroxyl groups excluding tert-OH is 1. The molecule has 0 aliphatic heterocycles. The van der Waals surface area contributed by atoms with Gasteiger partial charge in [-0.15, -0.1) is 0 Å². The van der Waals surface area contributed by atoms with Crippen LogP contribution in [0.4, 0.5) is 0 Å². The molecule has 74 valence electrons. The Balaban J connectivity index is 3.19. The third kappa shape index (κ3) is 1.67. The molecule has 0 heterocycles. The molecule has 2 atom stereocenters. The van der Waals surface area contributed by atoms with Crippen LogP contribution in [0.15, 0.2) is 24.3 Å². The SMILES string of the molecule is CC(O)C1(S(=O)(=O)O)C=CC=CC1. The molecule has 0 aromatic heterocycles. The Labute approximate surface area is 77.3 Å². The third-order valence-corrected chi connectivity index (χ3v) is 3.85. The van der Waals surface area contributed by atoms with Gasteiger partial charge in [0.25, 0.3) is 10.1 Å². The van der Waals surface area contributed by atoms with E-state index in [0.29, 0.717) is 0 Å². The second-order valence-corrected chi connectivity index (χ2v) is 4.81. The van der Waals surface area contributed by atoms with E-state index in [1.165, 1.54) is 19.1 Å². The van der Waals surface area contributed by atoms with Gasteiger partial charge in [0.15, 0.2) is 0 Å². The Morgan fingerprint density at radius 1 is 1.46 bits per heavy atom. The van der Waals surface area contributed by atoms with Gasteiger partial charge in [0.05, 0.1) is 6.10 Å². The molecule has 4 nitrogen and oxygen atoms in total. The molecule has 0 saturated carbocycles. The van der Waals surface area contributed by atoms with Crippen molar-refractivity contribution in [3.05, 3.63) is 24.3 Å². The minimum Gasteiger partial charge on any atom is -0.391 e. The first kappa shape index (κ1) is 10.4. The summed E-state index contributed by atoms with van der Waals surface area (Å²) < 4.78 is 29.5. The van der Waals surface area contributed by atoms with Crippen LogP contribution in [0, 0.1) is 0 Å². The predicted molar refractivity (Wildman–Crippen MR) is 48.9 cm³/mol. The highest BCUT2D eigenvalue weighted by Gasteiger charge is 2.44. The van der Waals surface area contributed by atoms with Crippen molar-refractivity contribution in [1.29, 1.82) is 0 Å². The minimum atomic E-state index is -4.27. The van der Waals surface area contributed by atoms with Crippen LogP contribution in [-0.2, 0) is 10.1 Å². The average molecular weight is 204 g/mol. The molecule has 2 N–H and O–H groups in total. The highest BCUT2D eigenvalue weighted by molar-refractivity contribution is 7.87. The number of aliphatic hydroxyl groups is 1. The highest BCUT2D eigenvalue weighted by Crippen LogP contribution is 2.30. The summed E-state index contributed by atoms with van der Waals surface area (Å²) in [6.45, 7) is 1.34. The minimum absolute atomic E-state index is 0.0972. The normalized spacial score (nSPS) is 30.4. The summed E-state index contributed by atoms with van der Waals surface area (Å²) in [7, 11) is -4.27. The van der Waals surface area contributed by atoms with Gasteiger partial charge in [-0.1, -0.05) is 24.3 Å². The summed E-state index contributed by atoms with van der Waals surface area (Å²) in [6.07, 6.45) is 5.05. The van der Waals surface area contributed by atoms with E-state index in [2.05, 4.69) is 0 Å². The van der Waals surface area contributed by atoms with Gasteiger partial charge in [-0.2, -0.15) is 8.42 Å². The van der Waals surface area contributed by atoms with Crippen LogP contribution >= 0.6 is 0 Å². The summed E-state index contributed by atoms with van der Waals surface area (Å²) in [5.74, 6) is 0. The summed E-state index contributed by atoms with van der Waals surface area (Å²) in [6, 6.07) is 0. The predicted octanol–water partition coefficient (Wildman–Crippen LogP) is 0.510. The van der Waals surface area contributed by atoms with Gasteiger partial charge in [0, 0.05) is 0 Å². The molecule has 0 aromatic carbocycles. The van der Waals surface area contributed by atoms with E-state index >= 15 is 0 Å². The molecule has 13 heavy (non-hydrogen) atoms. The highest BCUT2D eigenvalue weighted by atomic mass is 32.2. The van der Waals surface area contributed by atoms with E-state index < -0.39 is 21.0 Å². The standard InChI is InChI=1S/C8H12O4S/c1-7(9)8(13(10,11)12)5-3-2-4-6-8/h2-5,7,9H,6H2,1H3,(H,10,11,12). The average Bonchev–Trinajstić information content (AvgIpc) is 2.03. The number of allylic oxidation sites excluding steroid dienone is 3. The monoisotopic (exact) mass is 204 g/mol.